The van der Waals surface area contributed by atoms with Gasteiger partial charge in [-0.2, -0.15) is 0 Å². The van der Waals surface area contributed by atoms with E-state index in [0.29, 0.717) is 10.5 Å². The fourth-order valence-electron chi connectivity index (χ4n) is 2.59. The highest BCUT2D eigenvalue weighted by molar-refractivity contribution is 7.17. The van der Waals surface area contributed by atoms with E-state index >= 15 is 0 Å². The van der Waals surface area contributed by atoms with Gasteiger partial charge in [0.2, 0.25) is 5.91 Å². The van der Waals surface area contributed by atoms with Crippen molar-refractivity contribution in [2.75, 3.05) is 11.9 Å². The molecule has 0 aliphatic heterocycles. The zero-order valence-corrected chi connectivity index (χ0v) is 16.0. The highest BCUT2D eigenvalue weighted by atomic mass is 32.1. The monoisotopic (exact) mass is 385 g/mol. The van der Waals surface area contributed by atoms with Crippen molar-refractivity contribution in [3.05, 3.63) is 57.5 Å². The van der Waals surface area contributed by atoms with Gasteiger partial charge in [-0.3, -0.25) is 14.2 Å². The van der Waals surface area contributed by atoms with Crippen LogP contribution >= 0.6 is 11.3 Å². The molecule has 1 amide bonds. The first-order chi connectivity index (χ1) is 12.9. The highest BCUT2D eigenvalue weighted by Crippen LogP contribution is 2.22. The van der Waals surface area contributed by atoms with Gasteiger partial charge in [0.05, 0.1) is 23.9 Å². The summed E-state index contributed by atoms with van der Waals surface area (Å²) in [7, 11) is 0. The van der Waals surface area contributed by atoms with Crippen LogP contribution in [0.5, 0.6) is 0 Å². The number of hydrogen-bond acceptors (Lipinski definition) is 6. The van der Waals surface area contributed by atoms with Crippen molar-refractivity contribution in [3.8, 4) is 0 Å². The summed E-state index contributed by atoms with van der Waals surface area (Å²) in [5.74, 6) is -0.924. The van der Waals surface area contributed by atoms with Crippen LogP contribution in [0.4, 0.5) is 5.69 Å². The van der Waals surface area contributed by atoms with E-state index in [0.717, 1.165) is 5.56 Å². The van der Waals surface area contributed by atoms with Gasteiger partial charge in [0.25, 0.3) is 5.56 Å². The minimum absolute atomic E-state index is 0.176. The fraction of sp³-hybridized carbons (Fsp3) is 0.263. The van der Waals surface area contributed by atoms with Gasteiger partial charge in [0.1, 0.15) is 10.9 Å². The molecule has 0 saturated carbocycles. The van der Waals surface area contributed by atoms with Crippen LogP contribution in [0.1, 0.15) is 35.8 Å². The first-order valence-corrected chi connectivity index (χ1v) is 9.33. The molecular formula is C19H19N3O4S. The molecule has 0 spiro atoms. The summed E-state index contributed by atoms with van der Waals surface area (Å²) in [6.45, 7) is 5.46. The number of fused-ring (bicyclic) bond motifs is 1. The summed E-state index contributed by atoms with van der Waals surface area (Å²) < 4.78 is 6.22. The Hall–Kier alpha value is -3.00. The van der Waals surface area contributed by atoms with E-state index < -0.39 is 17.6 Å². The summed E-state index contributed by atoms with van der Waals surface area (Å²) in [4.78, 5) is 42.2. The molecule has 140 valence electrons. The lowest BCUT2D eigenvalue weighted by molar-refractivity contribution is -0.118. The number of amides is 1. The number of anilines is 1. The Bertz CT molecular complexity index is 1050. The second kappa shape index (κ2) is 7.71. The Morgan fingerprint density at radius 3 is 2.67 bits per heavy atom. The van der Waals surface area contributed by atoms with Gasteiger partial charge >= 0.3 is 5.97 Å². The third-order valence-electron chi connectivity index (χ3n) is 4.13. The molecule has 0 bridgehead atoms. The van der Waals surface area contributed by atoms with E-state index in [1.165, 1.54) is 22.2 Å². The number of carbonyl (C=O) groups excluding carboxylic acids is 2. The van der Waals surface area contributed by atoms with Crippen LogP contribution in [0, 0.1) is 6.92 Å². The topological polar surface area (TPSA) is 90.3 Å². The van der Waals surface area contributed by atoms with Crippen LogP contribution in [0.2, 0.25) is 0 Å². The number of nitrogens with one attached hydrogen (secondary N) is 1. The molecule has 7 nitrogen and oxygen atoms in total. The average molecular weight is 385 g/mol. The van der Waals surface area contributed by atoms with E-state index in [1.54, 1.807) is 31.4 Å². The Balaban J connectivity index is 1.93. The lowest BCUT2D eigenvalue weighted by Gasteiger charge is -2.15. The van der Waals surface area contributed by atoms with Crippen LogP contribution < -0.4 is 10.9 Å². The van der Waals surface area contributed by atoms with Crippen LogP contribution in [0.25, 0.3) is 10.2 Å². The maximum atomic E-state index is 12.9. The molecule has 8 heteroatoms. The number of aryl methyl sites for hydroxylation is 1. The maximum Gasteiger partial charge on any atom is 0.339 e. The summed E-state index contributed by atoms with van der Waals surface area (Å²) in [6.07, 6.45) is 1.33. The molecule has 0 aliphatic carbocycles. The second-order valence-electron chi connectivity index (χ2n) is 6.04. The second-order valence-corrected chi connectivity index (χ2v) is 6.90. The number of thiophene rings is 1. The predicted molar refractivity (Wildman–Crippen MR) is 104 cm³/mol. The molecule has 2 heterocycles. The zero-order valence-electron chi connectivity index (χ0n) is 15.2. The van der Waals surface area contributed by atoms with Crippen molar-refractivity contribution >= 4 is 39.1 Å². The van der Waals surface area contributed by atoms with Crippen molar-refractivity contribution in [2.45, 2.75) is 26.8 Å². The third-order valence-corrected chi connectivity index (χ3v) is 5.02. The van der Waals surface area contributed by atoms with E-state index in [1.807, 2.05) is 19.1 Å². The van der Waals surface area contributed by atoms with Crippen molar-refractivity contribution in [1.29, 1.82) is 0 Å². The molecule has 3 rings (SSSR count). The SMILES string of the molecule is CCOC(=O)c1csc2ncn(C(C)C(=O)Nc3ccc(C)cc3)c(=O)c12. The Kier molecular flexibility index (Phi) is 5.36. The molecule has 1 atom stereocenters. The molecule has 0 radical (unpaired) electrons. The van der Waals surface area contributed by atoms with Gasteiger partial charge in [0.15, 0.2) is 0 Å². The molecule has 1 aromatic carbocycles. The fourth-order valence-corrected chi connectivity index (χ4v) is 3.46. The summed E-state index contributed by atoms with van der Waals surface area (Å²) in [6, 6.07) is 6.56. The van der Waals surface area contributed by atoms with E-state index in [4.69, 9.17) is 4.74 Å². The Labute approximate surface area is 159 Å². The first-order valence-electron chi connectivity index (χ1n) is 8.45. The van der Waals surface area contributed by atoms with Crippen molar-refractivity contribution in [1.82, 2.24) is 9.55 Å². The first kappa shape index (κ1) is 18.8. The normalized spacial score (nSPS) is 12.0. The van der Waals surface area contributed by atoms with Crippen LogP contribution in [-0.4, -0.2) is 28.0 Å². The molecule has 1 unspecified atom stereocenters. The molecule has 0 fully saturated rings. The molecule has 0 saturated heterocycles. The number of benzene rings is 1. The van der Waals surface area contributed by atoms with Crippen LogP contribution in [-0.2, 0) is 9.53 Å². The number of nitrogens with zero attached hydrogens (tertiary/aromatic N) is 2. The van der Waals surface area contributed by atoms with Crippen molar-refractivity contribution in [2.24, 2.45) is 0 Å². The van der Waals surface area contributed by atoms with Crippen molar-refractivity contribution in [3.63, 3.8) is 0 Å². The lowest BCUT2D eigenvalue weighted by atomic mass is 10.2. The summed E-state index contributed by atoms with van der Waals surface area (Å²) in [5.41, 5.74) is 1.45. The number of aromatic nitrogens is 2. The average Bonchev–Trinajstić information content (AvgIpc) is 3.09. The largest absolute Gasteiger partial charge is 0.462 e. The van der Waals surface area contributed by atoms with Gasteiger partial charge in [0, 0.05) is 11.1 Å². The molecule has 1 N–H and O–H groups in total. The number of carbonyl (C=O) groups is 2. The van der Waals surface area contributed by atoms with Gasteiger partial charge in [-0.05, 0) is 32.9 Å². The van der Waals surface area contributed by atoms with Crippen molar-refractivity contribution < 1.29 is 14.3 Å². The Morgan fingerprint density at radius 2 is 2.00 bits per heavy atom. The smallest absolute Gasteiger partial charge is 0.339 e. The number of hydrogen-bond donors (Lipinski definition) is 1. The summed E-state index contributed by atoms with van der Waals surface area (Å²) in [5, 5.41) is 4.51. The van der Waals surface area contributed by atoms with Gasteiger partial charge in [-0.25, -0.2) is 9.78 Å². The molecular weight excluding hydrogens is 366 g/mol. The van der Waals surface area contributed by atoms with Gasteiger partial charge in [-0.1, -0.05) is 17.7 Å². The lowest BCUT2D eigenvalue weighted by Crippen LogP contribution is -2.32. The van der Waals surface area contributed by atoms with Gasteiger partial charge in [-0.15, -0.1) is 11.3 Å². The molecule has 3 aromatic rings. The molecule has 27 heavy (non-hydrogen) atoms. The van der Waals surface area contributed by atoms with Gasteiger partial charge < -0.3 is 10.1 Å². The minimum atomic E-state index is -0.800. The third kappa shape index (κ3) is 3.75. The number of esters is 1. The standard InChI is InChI=1S/C19H19N3O4S/c1-4-26-19(25)14-9-27-17-15(14)18(24)22(10-20-17)12(3)16(23)21-13-7-5-11(2)6-8-13/h5-10,12H,4H2,1-3H3,(H,21,23). The quantitative estimate of drug-likeness (QED) is 0.682. The highest BCUT2D eigenvalue weighted by Gasteiger charge is 2.22. The maximum absolute atomic E-state index is 12.9. The number of ether oxygens (including phenoxy) is 1. The van der Waals surface area contributed by atoms with Crippen LogP contribution in [0.3, 0.4) is 0 Å². The molecule has 2 aromatic heterocycles. The van der Waals surface area contributed by atoms with E-state index in [2.05, 4.69) is 10.3 Å². The Morgan fingerprint density at radius 1 is 1.30 bits per heavy atom. The zero-order chi connectivity index (χ0) is 19.6. The minimum Gasteiger partial charge on any atom is -0.462 e. The molecule has 0 aliphatic rings. The predicted octanol–water partition coefficient (Wildman–Crippen LogP) is 3.14. The number of rotatable bonds is 5. The summed E-state index contributed by atoms with van der Waals surface area (Å²) >= 11 is 1.19. The van der Waals surface area contributed by atoms with E-state index in [9.17, 15) is 14.4 Å². The van der Waals surface area contributed by atoms with E-state index in [-0.39, 0.29) is 23.5 Å². The van der Waals surface area contributed by atoms with Crippen LogP contribution in [0.15, 0.2) is 40.8 Å².